The SMILES string of the molecule is CC(C)c1cnc(-c2ccccc2F)nc1. The molecule has 82 valence electrons. The summed E-state index contributed by atoms with van der Waals surface area (Å²) in [6.07, 6.45) is 3.50. The second-order valence-electron chi connectivity index (χ2n) is 3.97. The normalized spacial score (nSPS) is 10.8. The molecule has 0 aliphatic carbocycles. The topological polar surface area (TPSA) is 25.8 Å². The van der Waals surface area contributed by atoms with E-state index < -0.39 is 0 Å². The van der Waals surface area contributed by atoms with E-state index >= 15 is 0 Å². The number of benzene rings is 1. The summed E-state index contributed by atoms with van der Waals surface area (Å²) < 4.78 is 13.5. The summed E-state index contributed by atoms with van der Waals surface area (Å²) in [6.45, 7) is 4.14. The van der Waals surface area contributed by atoms with Crippen LogP contribution >= 0.6 is 0 Å². The van der Waals surface area contributed by atoms with E-state index in [0.717, 1.165) is 5.56 Å². The average Bonchev–Trinajstić information content (AvgIpc) is 2.30. The minimum absolute atomic E-state index is 0.292. The summed E-state index contributed by atoms with van der Waals surface area (Å²) in [4.78, 5) is 8.36. The van der Waals surface area contributed by atoms with E-state index in [2.05, 4.69) is 23.8 Å². The molecule has 0 aliphatic heterocycles. The zero-order valence-corrected chi connectivity index (χ0v) is 9.31. The van der Waals surface area contributed by atoms with Crippen LogP contribution in [0.5, 0.6) is 0 Å². The fourth-order valence-electron chi connectivity index (χ4n) is 1.42. The first kappa shape index (κ1) is 10.7. The third kappa shape index (κ3) is 2.08. The van der Waals surface area contributed by atoms with Crippen LogP contribution in [0.15, 0.2) is 36.7 Å². The Hall–Kier alpha value is -1.77. The van der Waals surface area contributed by atoms with Crippen molar-refractivity contribution in [2.75, 3.05) is 0 Å². The van der Waals surface area contributed by atoms with Gasteiger partial charge < -0.3 is 0 Å². The van der Waals surface area contributed by atoms with Crippen molar-refractivity contribution in [3.8, 4) is 11.4 Å². The minimum atomic E-state index is -0.292. The first-order valence-electron chi connectivity index (χ1n) is 5.25. The highest BCUT2D eigenvalue weighted by Crippen LogP contribution is 2.19. The van der Waals surface area contributed by atoms with Crippen LogP contribution in [0.1, 0.15) is 25.3 Å². The fourth-order valence-corrected chi connectivity index (χ4v) is 1.42. The van der Waals surface area contributed by atoms with Crippen LogP contribution < -0.4 is 0 Å². The summed E-state index contributed by atoms with van der Waals surface area (Å²) >= 11 is 0. The van der Waals surface area contributed by atoms with Gasteiger partial charge in [0, 0.05) is 12.4 Å². The predicted molar refractivity (Wildman–Crippen MR) is 61.5 cm³/mol. The molecular weight excluding hydrogens is 203 g/mol. The van der Waals surface area contributed by atoms with E-state index in [4.69, 9.17) is 0 Å². The Bertz CT molecular complexity index is 478. The Morgan fingerprint density at radius 3 is 2.25 bits per heavy atom. The van der Waals surface area contributed by atoms with Gasteiger partial charge in [-0.3, -0.25) is 0 Å². The van der Waals surface area contributed by atoms with Crippen molar-refractivity contribution in [3.05, 3.63) is 48.0 Å². The van der Waals surface area contributed by atoms with Gasteiger partial charge in [-0.1, -0.05) is 26.0 Å². The van der Waals surface area contributed by atoms with Gasteiger partial charge in [-0.2, -0.15) is 0 Å². The smallest absolute Gasteiger partial charge is 0.162 e. The second kappa shape index (κ2) is 4.39. The zero-order chi connectivity index (χ0) is 11.5. The molecule has 0 spiro atoms. The monoisotopic (exact) mass is 216 g/mol. The molecule has 0 atom stereocenters. The van der Waals surface area contributed by atoms with Crippen LogP contribution in [0.4, 0.5) is 4.39 Å². The molecule has 2 aromatic rings. The maximum absolute atomic E-state index is 13.5. The van der Waals surface area contributed by atoms with Crippen molar-refractivity contribution >= 4 is 0 Å². The van der Waals surface area contributed by atoms with Gasteiger partial charge in [-0.25, -0.2) is 14.4 Å². The van der Waals surface area contributed by atoms with E-state index in [1.54, 1.807) is 30.6 Å². The molecule has 0 radical (unpaired) electrons. The van der Waals surface area contributed by atoms with Crippen LogP contribution in [-0.4, -0.2) is 9.97 Å². The lowest BCUT2D eigenvalue weighted by Crippen LogP contribution is -1.95. The number of halogens is 1. The lowest BCUT2D eigenvalue weighted by Gasteiger charge is -2.05. The Kier molecular flexibility index (Phi) is 2.95. The highest BCUT2D eigenvalue weighted by molar-refractivity contribution is 5.55. The van der Waals surface area contributed by atoms with E-state index in [0.29, 0.717) is 17.3 Å². The lowest BCUT2D eigenvalue weighted by atomic mass is 10.1. The van der Waals surface area contributed by atoms with Gasteiger partial charge in [0.15, 0.2) is 5.82 Å². The first-order valence-corrected chi connectivity index (χ1v) is 5.25. The maximum atomic E-state index is 13.5. The van der Waals surface area contributed by atoms with Crippen LogP contribution in [0, 0.1) is 5.82 Å². The highest BCUT2D eigenvalue weighted by Gasteiger charge is 2.07. The van der Waals surface area contributed by atoms with E-state index in [1.165, 1.54) is 6.07 Å². The largest absolute Gasteiger partial charge is 0.236 e. The fraction of sp³-hybridized carbons (Fsp3) is 0.231. The number of hydrogen-bond donors (Lipinski definition) is 0. The standard InChI is InChI=1S/C13H13FN2/c1-9(2)10-7-15-13(16-8-10)11-5-3-4-6-12(11)14/h3-9H,1-2H3. The van der Waals surface area contributed by atoms with Crippen LogP contribution in [0.2, 0.25) is 0 Å². The van der Waals surface area contributed by atoms with Crippen molar-refractivity contribution in [3.63, 3.8) is 0 Å². The zero-order valence-electron chi connectivity index (χ0n) is 9.31. The van der Waals surface area contributed by atoms with Crippen molar-refractivity contribution in [1.29, 1.82) is 0 Å². The van der Waals surface area contributed by atoms with Gasteiger partial charge in [0.1, 0.15) is 5.82 Å². The molecule has 0 saturated carbocycles. The summed E-state index contributed by atoms with van der Waals surface area (Å²) in [7, 11) is 0. The Morgan fingerprint density at radius 2 is 1.69 bits per heavy atom. The van der Waals surface area contributed by atoms with Crippen molar-refractivity contribution in [1.82, 2.24) is 9.97 Å². The van der Waals surface area contributed by atoms with Crippen molar-refractivity contribution in [2.24, 2.45) is 0 Å². The molecule has 2 rings (SSSR count). The highest BCUT2D eigenvalue weighted by atomic mass is 19.1. The minimum Gasteiger partial charge on any atom is -0.236 e. The van der Waals surface area contributed by atoms with Gasteiger partial charge in [0.05, 0.1) is 5.56 Å². The van der Waals surface area contributed by atoms with E-state index in [-0.39, 0.29) is 5.82 Å². The van der Waals surface area contributed by atoms with Crippen LogP contribution in [-0.2, 0) is 0 Å². The third-order valence-electron chi connectivity index (χ3n) is 2.45. The van der Waals surface area contributed by atoms with Gasteiger partial charge in [-0.05, 0) is 23.6 Å². The Balaban J connectivity index is 2.39. The summed E-state index contributed by atoms with van der Waals surface area (Å²) in [5.41, 5.74) is 1.50. The molecule has 0 aliphatic rings. The lowest BCUT2D eigenvalue weighted by molar-refractivity contribution is 0.630. The average molecular weight is 216 g/mol. The van der Waals surface area contributed by atoms with Crippen LogP contribution in [0.3, 0.4) is 0 Å². The molecule has 0 bridgehead atoms. The molecule has 1 aromatic heterocycles. The van der Waals surface area contributed by atoms with E-state index in [9.17, 15) is 4.39 Å². The molecule has 0 saturated heterocycles. The quantitative estimate of drug-likeness (QED) is 0.768. The molecule has 3 heteroatoms. The van der Waals surface area contributed by atoms with Crippen molar-refractivity contribution < 1.29 is 4.39 Å². The molecule has 16 heavy (non-hydrogen) atoms. The summed E-state index contributed by atoms with van der Waals surface area (Å²) in [6, 6.07) is 6.52. The molecule has 2 nitrogen and oxygen atoms in total. The summed E-state index contributed by atoms with van der Waals surface area (Å²) in [5.74, 6) is 0.525. The molecule has 1 heterocycles. The molecule has 1 aromatic carbocycles. The maximum Gasteiger partial charge on any atom is 0.162 e. The van der Waals surface area contributed by atoms with Crippen LogP contribution in [0.25, 0.3) is 11.4 Å². The number of aromatic nitrogens is 2. The predicted octanol–water partition coefficient (Wildman–Crippen LogP) is 3.41. The van der Waals surface area contributed by atoms with E-state index in [1.807, 2.05) is 0 Å². The molecule has 0 unspecified atom stereocenters. The molecule has 0 fully saturated rings. The van der Waals surface area contributed by atoms with Gasteiger partial charge >= 0.3 is 0 Å². The Labute approximate surface area is 94.2 Å². The molecule has 0 amide bonds. The second-order valence-corrected chi connectivity index (χ2v) is 3.97. The summed E-state index contributed by atoms with van der Waals surface area (Å²) in [5, 5.41) is 0. The number of nitrogens with zero attached hydrogens (tertiary/aromatic N) is 2. The van der Waals surface area contributed by atoms with Crippen molar-refractivity contribution in [2.45, 2.75) is 19.8 Å². The number of rotatable bonds is 2. The number of hydrogen-bond acceptors (Lipinski definition) is 2. The third-order valence-corrected chi connectivity index (χ3v) is 2.45. The molecular formula is C13H13FN2. The first-order chi connectivity index (χ1) is 7.68. The Morgan fingerprint density at radius 1 is 1.06 bits per heavy atom. The van der Waals surface area contributed by atoms with Gasteiger partial charge in [0.25, 0.3) is 0 Å². The molecule has 0 N–H and O–H groups in total. The van der Waals surface area contributed by atoms with Gasteiger partial charge in [0.2, 0.25) is 0 Å². The van der Waals surface area contributed by atoms with Gasteiger partial charge in [-0.15, -0.1) is 0 Å².